The Balaban J connectivity index is 0.934. The zero-order valence-corrected chi connectivity index (χ0v) is 53.2. The highest BCUT2D eigenvalue weighted by molar-refractivity contribution is 7.15. The Morgan fingerprint density at radius 1 is 0.725 bits per heavy atom. The fraction of sp³-hybridized carbons (Fsp3) is 0.311. The molecule has 2 aliphatic heterocycles. The molecule has 9 heterocycles. The van der Waals surface area contributed by atoms with Gasteiger partial charge in [0.1, 0.15) is 76.7 Å². The van der Waals surface area contributed by atoms with Gasteiger partial charge in [-0.15, -0.1) is 68.0 Å². The van der Waals surface area contributed by atoms with Gasteiger partial charge in [-0.2, -0.15) is 0 Å². The number of hydrogen-bond acceptors (Lipinski definition) is 24. The SMILES string of the molecule is Cc1sc2nc1C(=O)C[C@@H]([C@H](O)c1ccccc1)c1nc(cs1)C(=O)N[C@@H](Cc1ccc(O)c(N)c1)C(=O)N1C[C@H](O)[C@H](C)[C@H]1c1nc(cs1)-c1nc(cs1)-c1nc(-c3nc(C(=O)NC4CCC(C(=O)O)CC4)cs3)ccc1-c1nc(cs1)C(=O)N[C@H]2CC(N)=O. The zero-order valence-electron chi connectivity index (χ0n) is 48.3. The maximum absolute atomic E-state index is 15.3. The van der Waals surface area contributed by atoms with Gasteiger partial charge >= 0.3 is 5.97 Å². The molecule has 9 aromatic rings. The van der Waals surface area contributed by atoms with Crippen LogP contribution in [0, 0.1) is 18.8 Å². The molecule has 7 atom stereocenters. The molecular weight excluding hydrogens is 1280 g/mol. The van der Waals surface area contributed by atoms with Crippen LogP contribution in [0.15, 0.2) is 87.6 Å². The summed E-state index contributed by atoms with van der Waals surface area (Å²) in [5.41, 5.74) is 15.0. The first-order valence-electron chi connectivity index (χ1n) is 28.8. The van der Waals surface area contributed by atoms with Crippen molar-refractivity contribution in [3.05, 3.63) is 141 Å². The number of anilines is 1. The van der Waals surface area contributed by atoms with Crippen LogP contribution in [0.25, 0.3) is 43.4 Å². The Morgan fingerprint density at radius 3 is 2.13 bits per heavy atom. The predicted octanol–water partition coefficient (Wildman–Crippen LogP) is 8.13. The van der Waals surface area contributed by atoms with Crippen LogP contribution in [-0.4, -0.2) is 126 Å². The maximum Gasteiger partial charge on any atom is 0.306 e. The van der Waals surface area contributed by atoms with Crippen molar-refractivity contribution in [2.75, 3.05) is 12.3 Å². The van der Waals surface area contributed by atoms with Crippen molar-refractivity contribution in [2.24, 2.45) is 17.6 Å². The molecular formula is C61H57N13O11S6. The van der Waals surface area contributed by atoms with Crippen molar-refractivity contribution in [1.82, 2.24) is 55.7 Å². The van der Waals surface area contributed by atoms with Gasteiger partial charge in [0.2, 0.25) is 11.8 Å². The van der Waals surface area contributed by atoms with E-state index in [0.717, 1.165) is 34.0 Å². The molecule has 0 radical (unpaired) electrons. The Bertz CT molecular complexity index is 4280. The second-order valence-electron chi connectivity index (χ2n) is 22.4. The summed E-state index contributed by atoms with van der Waals surface area (Å²) in [6, 6.07) is 13.2. The molecule has 24 nitrogen and oxygen atoms in total. The van der Waals surface area contributed by atoms with E-state index in [1.165, 1.54) is 56.4 Å². The van der Waals surface area contributed by atoms with Crippen LogP contribution >= 0.6 is 68.0 Å². The third kappa shape index (κ3) is 13.3. The number of aromatic hydroxyl groups is 1. The Hall–Kier alpha value is -8.62. The van der Waals surface area contributed by atoms with E-state index in [1.807, 2.05) is 0 Å². The van der Waals surface area contributed by atoms with Crippen LogP contribution < -0.4 is 27.4 Å². The summed E-state index contributed by atoms with van der Waals surface area (Å²) in [5.74, 6) is -6.74. The number of pyridine rings is 1. The molecule has 468 valence electrons. The topological polar surface area (TPSA) is 382 Å². The summed E-state index contributed by atoms with van der Waals surface area (Å²) < 4.78 is 0. The smallest absolute Gasteiger partial charge is 0.306 e. The highest BCUT2D eigenvalue weighted by atomic mass is 32.1. The molecule has 5 amide bonds. The molecule has 1 saturated heterocycles. The maximum atomic E-state index is 15.3. The number of amides is 5. The van der Waals surface area contributed by atoms with Gasteiger partial charge in [0.05, 0.1) is 53.0 Å². The first-order valence-corrected chi connectivity index (χ1v) is 34.0. The fourth-order valence-corrected chi connectivity index (χ4v) is 16.8. The number of rotatable bonds is 10. The van der Waals surface area contributed by atoms with Gasteiger partial charge < -0.3 is 52.7 Å². The number of nitrogens with one attached hydrogen (secondary N) is 3. The minimum absolute atomic E-state index is 0.00997. The number of nitrogens with zero attached hydrogens (tertiary/aromatic N) is 8. The van der Waals surface area contributed by atoms with E-state index < -0.39 is 95.8 Å². The lowest BCUT2D eigenvalue weighted by Gasteiger charge is -2.29. The van der Waals surface area contributed by atoms with Crippen molar-refractivity contribution in [3.8, 4) is 49.1 Å². The average Bonchev–Trinajstić information content (AvgIpc) is 1.70. The number of fused-ring (bicyclic) bond motifs is 16. The molecule has 7 aromatic heterocycles. The number of nitrogen functional groups attached to an aromatic ring is 1. The minimum Gasteiger partial charge on any atom is -0.506 e. The van der Waals surface area contributed by atoms with Gasteiger partial charge in [-0.05, 0) is 68.0 Å². The second kappa shape index (κ2) is 26.3. The fourth-order valence-electron chi connectivity index (χ4n) is 11.4. The van der Waals surface area contributed by atoms with E-state index in [-0.39, 0.29) is 69.7 Å². The summed E-state index contributed by atoms with van der Waals surface area (Å²) in [6.45, 7) is 3.35. The summed E-state index contributed by atoms with van der Waals surface area (Å²) >= 11 is 6.96. The van der Waals surface area contributed by atoms with Crippen LogP contribution in [0.1, 0.15) is 143 Å². The molecule has 12 rings (SSSR count). The lowest BCUT2D eigenvalue weighted by atomic mass is 9.86. The number of thiazole rings is 6. The van der Waals surface area contributed by atoms with Gasteiger partial charge in [-0.3, -0.25) is 33.6 Å². The molecule has 1 saturated carbocycles. The average molecular weight is 1340 g/mol. The van der Waals surface area contributed by atoms with Crippen LogP contribution in [-0.2, 0) is 20.8 Å². The van der Waals surface area contributed by atoms with E-state index in [4.69, 9.17) is 36.4 Å². The molecule has 91 heavy (non-hydrogen) atoms. The normalized spacial score (nSPS) is 21.7. The van der Waals surface area contributed by atoms with Crippen molar-refractivity contribution >= 4 is 115 Å². The summed E-state index contributed by atoms with van der Waals surface area (Å²) in [6.07, 6.45) is -1.23. The number of ketones is 1. The number of aryl methyl sites for hydroxylation is 1. The molecule has 0 spiro atoms. The Kier molecular flexibility index (Phi) is 18.1. The van der Waals surface area contributed by atoms with Gasteiger partial charge in [0, 0.05) is 74.6 Å². The highest BCUT2D eigenvalue weighted by Crippen LogP contribution is 2.44. The number of aliphatic carboxylic acids is 1. The molecule has 2 aromatic carbocycles. The van der Waals surface area contributed by atoms with Crippen molar-refractivity contribution in [1.29, 1.82) is 0 Å². The van der Waals surface area contributed by atoms with Crippen molar-refractivity contribution in [3.63, 3.8) is 0 Å². The summed E-state index contributed by atoms with van der Waals surface area (Å²) in [7, 11) is 0. The number of Topliss-reactive ketones (excluding diaryl/α,β-unsaturated/α-hetero) is 1. The van der Waals surface area contributed by atoms with E-state index in [0.29, 0.717) is 90.1 Å². The zero-order chi connectivity index (χ0) is 63.9. The predicted molar refractivity (Wildman–Crippen MR) is 343 cm³/mol. The van der Waals surface area contributed by atoms with Crippen LogP contribution in [0.5, 0.6) is 5.75 Å². The Labute approximate surface area is 542 Å². The second-order valence-corrected chi connectivity index (χ2v) is 28.0. The van der Waals surface area contributed by atoms with E-state index in [9.17, 15) is 49.2 Å². The first-order chi connectivity index (χ1) is 43.7. The monoisotopic (exact) mass is 1340 g/mol. The number of aliphatic hydroxyl groups excluding tert-OH is 2. The van der Waals surface area contributed by atoms with Crippen LogP contribution in [0.2, 0.25) is 0 Å². The molecule has 1 aliphatic carbocycles. The molecule has 2 fully saturated rings. The number of phenolic OH excluding ortho intramolecular Hbond substituents is 1. The third-order valence-corrected chi connectivity index (χ3v) is 21.9. The number of primary amides is 1. The number of benzene rings is 2. The van der Waals surface area contributed by atoms with E-state index >= 15 is 4.79 Å². The first kappa shape index (κ1) is 62.6. The van der Waals surface area contributed by atoms with Gasteiger partial charge in [0.15, 0.2) is 5.78 Å². The summed E-state index contributed by atoms with van der Waals surface area (Å²) in [5, 5.41) is 62.5. The van der Waals surface area contributed by atoms with Gasteiger partial charge in [0.25, 0.3) is 17.7 Å². The third-order valence-electron chi connectivity index (χ3n) is 16.3. The molecule has 11 N–H and O–H groups in total. The van der Waals surface area contributed by atoms with E-state index in [2.05, 4.69) is 25.9 Å². The lowest BCUT2D eigenvalue weighted by Crippen LogP contribution is -2.50. The quantitative estimate of drug-likeness (QED) is 0.0460. The number of aliphatic hydroxyl groups is 2. The number of nitrogens with two attached hydrogens (primary N) is 2. The molecule has 10 bridgehead atoms. The molecule has 30 heteroatoms. The van der Waals surface area contributed by atoms with Gasteiger partial charge in [-0.1, -0.05) is 43.3 Å². The number of carbonyl (C=O) groups excluding carboxylic acids is 6. The van der Waals surface area contributed by atoms with Crippen molar-refractivity contribution < 1.29 is 54.0 Å². The van der Waals surface area contributed by atoms with Crippen molar-refractivity contribution in [2.45, 2.75) is 101 Å². The Morgan fingerprint density at radius 2 is 1.38 bits per heavy atom. The largest absolute Gasteiger partial charge is 0.506 e. The minimum atomic E-state index is -1.32. The van der Waals surface area contributed by atoms with Crippen LogP contribution in [0.4, 0.5) is 5.69 Å². The number of carbonyl (C=O) groups is 7. The number of hydrogen-bond donors (Lipinski definition) is 9. The van der Waals surface area contributed by atoms with Gasteiger partial charge in [-0.25, -0.2) is 34.9 Å². The van der Waals surface area contributed by atoms with E-state index in [1.54, 1.807) is 83.9 Å². The van der Waals surface area contributed by atoms with Crippen LogP contribution in [0.3, 0.4) is 0 Å². The summed E-state index contributed by atoms with van der Waals surface area (Å²) in [4.78, 5) is 133. The molecule has 0 unspecified atom stereocenters. The lowest BCUT2D eigenvalue weighted by molar-refractivity contribution is -0.143. The number of phenols is 1. The highest BCUT2D eigenvalue weighted by Gasteiger charge is 2.46. The molecule has 3 aliphatic rings. The number of carboxylic acids is 1. The number of carboxylic acid groups (broad SMARTS) is 1. The number of aromatic nitrogens is 7. The standard InChI is InChI=1S/C61H57N13O11S6/c1-26-45(77)20-74-49(26)59-72-42(25-90-59)57-68-38(21-88-57)48-32(13-14-35(65-48)56-71-39(24-89-56)51(80)64-31-11-9-30(10-12-31)61(84)85)54-69-40(22-86-54)52(81)66-36(19-46(63)78)58-73-47(27(2)91-58)44(76)18-33(50(79)29-6-4-3-5-7-29)55-70-41(23-87-55)53(82)67-37(60(74)83)17-28-8-15-43(75)34(62)16-28/h3-8,13-16,21-26,30-31,33,36-37,45,49-50,75,77,79H,9-12,17-20,62H2,1-2H3,(H2,63,78)(H,64,80)(H,66,81)(H,67,82)(H,84,85)/t26-,30?,31?,33-,36-,37-,45-,49-,50+/m0/s1.